The highest BCUT2D eigenvalue weighted by atomic mass is 16.5. The summed E-state index contributed by atoms with van der Waals surface area (Å²) in [6.07, 6.45) is 0.152. The van der Waals surface area contributed by atoms with Crippen LogP contribution < -0.4 is 20.1 Å². The Kier molecular flexibility index (Phi) is 6.49. The molecule has 0 aliphatic carbocycles. The maximum Gasteiger partial charge on any atom is 0.239 e. The maximum absolute atomic E-state index is 11.9. The summed E-state index contributed by atoms with van der Waals surface area (Å²) in [5, 5.41) is 5.96. The third kappa shape index (κ3) is 5.83. The van der Waals surface area contributed by atoms with Gasteiger partial charge in [0.05, 0.1) is 19.8 Å². The molecule has 2 rings (SSSR count). The molecule has 0 heterocycles. The van der Waals surface area contributed by atoms with E-state index in [-0.39, 0.29) is 18.6 Å². The molecule has 0 bridgehead atoms. The zero-order valence-electron chi connectivity index (χ0n) is 14.3. The molecule has 0 saturated heterocycles. The minimum atomic E-state index is -0.0617. The van der Waals surface area contributed by atoms with E-state index in [1.54, 1.807) is 7.11 Å². The van der Waals surface area contributed by atoms with Crippen LogP contribution in [0.25, 0.3) is 0 Å². The van der Waals surface area contributed by atoms with Crippen LogP contribution in [0.5, 0.6) is 11.5 Å². The van der Waals surface area contributed by atoms with Gasteiger partial charge in [0.25, 0.3) is 0 Å². The Bertz CT molecular complexity index is 637. The molecule has 0 aromatic heterocycles. The van der Waals surface area contributed by atoms with Crippen LogP contribution in [0.3, 0.4) is 0 Å². The third-order valence-electron chi connectivity index (χ3n) is 3.33. The van der Waals surface area contributed by atoms with Gasteiger partial charge in [-0.1, -0.05) is 12.1 Å². The van der Waals surface area contributed by atoms with E-state index in [2.05, 4.69) is 10.6 Å². The van der Waals surface area contributed by atoms with Crippen molar-refractivity contribution in [1.29, 1.82) is 0 Å². The molecule has 0 aliphatic rings. The molecule has 0 radical (unpaired) electrons. The van der Waals surface area contributed by atoms with Crippen molar-refractivity contribution < 1.29 is 14.3 Å². The van der Waals surface area contributed by atoms with E-state index in [4.69, 9.17) is 9.47 Å². The second kappa shape index (κ2) is 8.82. The van der Waals surface area contributed by atoms with Gasteiger partial charge in [0, 0.05) is 12.2 Å². The Morgan fingerprint density at radius 3 is 2.21 bits per heavy atom. The lowest BCUT2D eigenvalue weighted by atomic mass is 10.2. The number of carbonyl (C=O) groups is 1. The normalized spacial score (nSPS) is 10.3. The minimum Gasteiger partial charge on any atom is -0.497 e. The Morgan fingerprint density at radius 1 is 1.00 bits per heavy atom. The molecule has 1 amide bonds. The Morgan fingerprint density at radius 2 is 1.62 bits per heavy atom. The molecule has 2 aromatic rings. The zero-order chi connectivity index (χ0) is 17.4. The van der Waals surface area contributed by atoms with Gasteiger partial charge in [0.2, 0.25) is 5.91 Å². The van der Waals surface area contributed by atoms with Crippen LogP contribution in [0.1, 0.15) is 19.4 Å². The second-order valence-corrected chi connectivity index (χ2v) is 5.67. The molecule has 0 saturated carbocycles. The Labute approximate surface area is 143 Å². The summed E-state index contributed by atoms with van der Waals surface area (Å²) in [7, 11) is 1.62. The lowest BCUT2D eigenvalue weighted by Gasteiger charge is -2.11. The largest absolute Gasteiger partial charge is 0.497 e. The lowest BCUT2D eigenvalue weighted by Crippen LogP contribution is -2.29. The van der Waals surface area contributed by atoms with Gasteiger partial charge in [-0.15, -0.1) is 0 Å². The van der Waals surface area contributed by atoms with Crippen molar-refractivity contribution in [2.24, 2.45) is 0 Å². The molecule has 0 unspecified atom stereocenters. The molecular weight excluding hydrogens is 304 g/mol. The van der Waals surface area contributed by atoms with Gasteiger partial charge in [-0.3, -0.25) is 4.79 Å². The van der Waals surface area contributed by atoms with E-state index in [9.17, 15) is 4.79 Å². The Balaban J connectivity index is 1.74. The van der Waals surface area contributed by atoms with Crippen molar-refractivity contribution in [2.45, 2.75) is 26.5 Å². The lowest BCUT2D eigenvalue weighted by molar-refractivity contribution is -0.119. The molecule has 0 atom stereocenters. The SMILES string of the molecule is COc1ccc(NCC(=O)NCc2ccc(OC(C)C)cc2)cc1. The van der Waals surface area contributed by atoms with Crippen molar-refractivity contribution >= 4 is 11.6 Å². The van der Waals surface area contributed by atoms with E-state index in [0.29, 0.717) is 6.54 Å². The molecule has 24 heavy (non-hydrogen) atoms. The van der Waals surface area contributed by atoms with Gasteiger partial charge in [0.1, 0.15) is 11.5 Å². The number of methoxy groups -OCH3 is 1. The predicted octanol–water partition coefficient (Wildman–Crippen LogP) is 3.21. The molecule has 0 fully saturated rings. The van der Waals surface area contributed by atoms with Gasteiger partial charge in [-0.2, -0.15) is 0 Å². The van der Waals surface area contributed by atoms with Crippen LogP contribution in [0, 0.1) is 0 Å². The third-order valence-corrected chi connectivity index (χ3v) is 3.33. The van der Waals surface area contributed by atoms with Crippen molar-refractivity contribution in [3.8, 4) is 11.5 Å². The van der Waals surface area contributed by atoms with Crippen LogP contribution in [0.4, 0.5) is 5.69 Å². The first-order valence-electron chi connectivity index (χ1n) is 7.97. The highest BCUT2D eigenvalue weighted by molar-refractivity contribution is 5.80. The number of rotatable bonds is 8. The standard InChI is InChI=1S/C19H24N2O3/c1-14(2)24-18-8-4-15(5-9-18)12-21-19(22)13-20-16-6-10-17(23-3)11-7-16/h4-11,14,20H,12-13H2,1-3H3,(H,21,22). The number of hydrogen-bond acceptors (Lipinski definition) is 4. The number of amides is 1. The zero-order valence-corrected chi connectivity index (χ0v) is 14.3. The molecule has 5 nitrogen and oxygen atoms in total. The number of benzene rings is 2. The summed E-state index contributed by atoms with van der Waals surface area (Å²) < 4.78 is 10.7. The van der Waals surface area contributed by atoms with Crippen LogP contribution in [0.2, 0.25) is 0 Å². The monoisotopic (exact) mass is 328 g/mol. The van der Waals surface area contributed by atoms with E-state index >= 15 is 0 Å². The quantitative estimate of drug-likeness (QED) is 0.781. The van der Waals surface area contributed by atoms with E-state index < -0.39 is 0 Å². The number of ether oxygens (including phenoxy) is 2. The number of nitrogens with one attached hydrogen (secondary N) is 2. The fraction of sp³-hybridized carbons (Fsp3) is 0.316. The molecule has 2 aromatic carbocycles. The molecule has 128 valence electrons. The number of anilines is 1. The first-order valence-corrected chi connectivity index (χ1v) is 7.97. The molecule has 0 aliphatic heterocycles. The van der Waals surface area contributed by atoms with E-state index in [1.165, 1.54) is 0 Å². The van der Waals surface area contributed by atoms with Crippen LogP contribution >= 0.6 is 0 Å². The first kappa shape index (κ1) is 17.7. The van der Waals surface area contributed by atoms with Gasteiger partial charge >= 0.3 is 0 Å². The molecule has 2 N–H and O–H groups in total. The van der Waals surface area contributed by atoms with Gasteiger partial charge in [-0.25, -0.2) is 0 Å². The van der Waals surface area contributed by atoms with Crippen molar-refractivity contribution in [2.75, 3.05) is 19.0 Å². The average Bonchev–Trinajstić information content (AvgIpc) is 2.59. The molecular formula is C19H24N2O3. The fourth-order valence-corrected chi connectivity index (χ4v) is 2.11. The summed E-state index contributed by atoms with van der Waals surface area (Å²) in [6, 6.07) is 15.2. The topological polar surface area (TPSA) is 59.6 Å². The van der Waals surface area contributed by atoms with Crippen LogP contribution in [-0.2, 0) is 11.3 Å². The second-order valence-electron chi connectivity index (χ2n) is 5.67. The highest BCUT2D eigenvalue weighted by Gasteiger charge is 2.03. The summed E-state index contributed by atoms with van der Waals surface area (Å²) in [5.41, 5.74) is 1.91. The minimum absolute atomic E-state index is 0.0617. The van der Waals surface area contributed by atoms with E-state index in [1.807, 2.05) is 62.4 Å². The van der Waals surface area contributed by atoms with Crippen molar-refractivity contribution in [1.82, 2.24) is 5.32 Å². The smallest absolute Gasteiger partial charge is 0.239 e. The average molecular weight is 328 g/mol. The van der Waals surface area contributed by atoms with Gasteiger partial charge < -0.3 is 20.1 Å². The highest BCUT2D eigenvalue weighted by Crippen LogP contribution is 2.15. The summed E-state index contributed by atoms with van der Waals surface area (Å²) in [4.78, 5) is 11.9. The van der Waals surface area contributed by atoms with Gasteiger partial charge in [0.15, 0.2) is 0 Å². The molecule has 5 heteroatoms. The maximum atomic E-state index is 11.9. The van der Waals surface area contributed by atoms with Crippen LogP contribution in [0.15, 0.2) is 48.5 Å². The fourth-order valence-electron chi connectivity index (χ4n) is 2.11. The summed E-state index contributed by atoms with van der Waals surface area (Å²) in [6.45, 7) is 4.69. The van der Waals surface area contributed by atoms with Crippen molar-refractivity contribution in [3.63, 3.8) is 0 Å². The molecule has 0 spiro atoms. The number of hydrogen-bond donors (Lipinski definition) is 2. The Hall–Kier alpha value is -2.69. The van der Waals surface area contributed by atoms with Gasteiger partial charge in [-0.05, 0) is 55.8 Å². The predicted molar refractivity (Wildman–Crippen MR) is 95.5 cm³/mol. The first-order chi connectivity index (χ1) is 11.6. The van der Waals surface area contributed by atoms with E-state index in [0.717, 1.165) is 22.7 Å². The summed E-state index contributed by atoms with van der Waals surface area (Å²) >= 11 is 0. The number of carbonyl (C=O) groups excluding carboxylic acids is 1. The van der Waals surface area contributed by atoms with Crippen molar-refractivity contribution in [3.05, 3.63) is 54.1 Å². The van der Waals surface area contributed by atoms with Crippen LogP contribution in [-0.4, -0.2) is 25.7 Å². The summed E-state index contributed by atoms with van der Waals surface area (Å²) in [5.74, 6) is 1.56.